The number of anilines is 1. The van der Waals surface area contributed by atoms with Crippen LogP contribution in [0.15, 0.2) is 59.4 Å². The van der Waals surface area contributed by atoms with Gasteiger partial charge in [0.15, 0.2) is 5.82 Å². The molecule has 0 bridgehead atoms. The Morgan fingerprint density at radius 2 is 1.85 bits per heavy atom. The number of ether oxygens (including phenoxy) is 1. The summed E-state index contributed by atoms with van der Waals surface area (Å²) in [6, 6.07) is 11.0. The van der Waals surface area contributed by atoms with Gasteiger partial charge in [-0.05, 0) is 62.1 Å². The first-order valence-corrected chi connectivity index (χ1v) is 12.6. The van der Waals surface area contributed by atoms with Crippen LogP contribution in [0, 0.1) is 13.8 Å². The third-order valence-corrected chi connectivity index (χ3v) is 6.52. The van der Waals surface area contributed by atoms with E-state index >= 15 is 0 Å². The normalized spacial score (nSPS) is 12.6. The Labute approximate surface area is 225 Å². The quantitative estimate of drug-likeness (QED) is 0.233. The van der Waals surface area contributed by atoms with Crippen molar-refractivity contribution in [1.29, 1.82) is 0 Å². The number of imidazole rings is 1. The highest BCUT2D eigenvalue weighted by atomic mass is 32.2. The molecule has 2 aromatic heterocycles. The van der Waals surface area contributed by atoms with E-state index in [0.29, 0.717) is 24.4 Å². The second kappa shape index (κ2) is 10.8. The van der Waals surface area contributed by atoms with E-state index in [0.717, 1.165) is 51.6 Å². The first-order valence-electron chi connectivity index (χ1n) is 11.8. The first kappa shape index (κ1) is 26.2. The molecule has 0 saturated heterocycles. The number of nitrogens with one attached hydrogen (secondary N) is 2. The number of carbonyl (C=O) groups excluding carboxylic acids is 1. The number of aromatic nitrogens is 4. The summed E-state index contributed by atoms with van der Waals surface area (Å²) in [5.74, 6) is 0.102. The number of carbonyl (C=O) groups is 1. The summed E-state index contributed by atoms with van der Waals surface area (Å²) in [7, 11) is 0. The lowest BCUT2D eigenvalue weighted by atomic mass is 9.97. The SMILES string of the molecule is Cc1cccc(C)c1NC(=O)NS/N=C/c1ncc2c(n1)CCc1c-2ncn1-c1ccc(OC(F)(F)F)cc1. The molecule has 0 unspecified atom stereocenters. The molecule has 2 heterocycles. The molecule has 2 N–H and O–H groups in total. The van der Waals surface area contributed by atoms with Crippen LogP contribution < -0.4 is 14.8 Å². The van der Waals surface area contributed by atoms with Crippen molar-refractivity contribution in [2.75, 3.05) is 5.32 Å². The number of benzene rings is 2. The lowest BCUT2D eigenvalue weighted by Gasteiger charge is -2.17. The lowest BCUT2D eigenvalue weighted by molar-refractivity contribution is -0.274. The van der Waals surface area contributed by atoms with Crippen LogP contribution in [0.25, 0.3) is 16.9 Å². The number of rotatable bonds is 6. The number of urea groups is 1. The molecule has 1 aliphatic rings. The monoisotopic (exact) mass is 553 g/mol. The van der Waals surface area contributed by atoms with Crippen LogP contribution in [0.3, 0.4) is 0 Å². The number of amides is 2. The van der Waals surface area contributed by atoms with Crippen molar-refractivity contribution in [2.45, 2.75) is 33.1 Å². The maximum absolute atomic E-state index is 12.4. The Hall–Kier alpha value is -4.39. The summed E-state index contributed by atoms with van der Waals surface area (Å²) in [5, 5.41) is 2.82. The average molecular weight is 554 g/mol. The zero-order valence-electron chi connectivity index (χ0n) is 20.8. The van der Waals surface area contributed by atoms with E-state index in [2.05, 4.69) is 34.1 Å². The average Bonchev–Trinajstić information content (AvgIpc) is 3.33. The summed E-state index contributed by atoms with van der Waals surface area (Å²) < 4.78 is 49.9. The van der Waals surface area contributed by atoms with Crippen LogP contribution in [0.2, 0.25) is 0 Å². The molecule has 5 rings (SSSR count). The van der Waals surface area contributed by atoms with Crippen LogP contribution >= 0.6 is 12.1 Å². The van der Waals surface area contributed by atoms with E-state index in [-0.39, 0.29) is 5.75 Å². The number of fused-ring (bicyclic) bond motifs is 3. The van der Waals surface area contributed by atoms with Crippen molar-refractivity contribution >= 4 is 30.1 Å². The number of aryl methyl sites for hydroxylation is 3. The topological polar surface area (TPSA) is 106 Å². The first-order chi connectivity index (χ1) is 18.7. The summed E-state index contributed by atoms with van der Waals surface area (Å²) in [5.41, 5.74) is 6.56. The molecule has 9 nitrogen and oxygen atoms in total. The van der Waals surface area contributed by atoms with Crippen molar-refractivity contribution in [1.82, 2.24) is 24.2 Å². The van der Waals surface area contributed by atoms with E-state index in [4.69, 9.17) is 0 Å². The van der Waals surface area contributed by atoms with E-state index in [1.807, 2.05) is 36.6 Å². The molecule has 0 saturated carbocycles. The highest BCUT2D eigenvalue weighted by molar-refractivity contribution is 7.96. The number of nitrogens with zero attached hydrogens (tertiary/aromatic N) is 5. The molecule has 39 heavy (non-hydrogen) atoms. The third kappa shape index (κ3) is 6.03. The number of alkyl halides is 3. The lowest BCUT2D eigenvalue weighted by Crippen LogP contribution is -2.23. The van der Waals surface area contributed by atoms with E-state index in [1.54, 1.807) is 24.7 Å². The van der Waals surface area contributed by atoms with Gasteiger partial charge < -0.3 is 14.6 Å². The maximum atomic E-state index is 12.4. The van der Waals surface area contributed by atoms with Crippen molar-refractivity contribution in [3.8, 4) is 22.7 Å². The molecule has 4 aromatic rings. The zero-order chi connectivity index (χ0) is 27.6. The van der Waals surface area contributed by atoms with Gasteiger partial charge in [0.25, 0.3) is 0 Å². The van der Waals surface area contributed by atoms with Crippen molar-refractivity contribution in [3.63, 3.8) is 0 Å². The summed E-state index contributed by atoms with van der Waals surface area (Å²) in [4.78, 5) is 25.6. The van der Waals surface area contributed by atoms with Crippen LogP contribution in [0.4, 0.5) is 23.7 Å². The van der Waals surface area contributed by atoms with Gasteiger partial charge in [-0.25, -0.2) is 19.7 Å². The summed E-state index contributed by atoms with van der Waals surface area (Å²) >= 11 is 0.858. The van der Waals surface area contributed by atoms with Crippen molar-refractivity contribution < 1.29 is 22.7 Å². The fourth-order valence-corrected chi connectivity index (χ4v) is 4.61. The predicted octanol–water partition coefficient (Wildman–Crippen LogP) is 5.75. The van der Waals surface area contributed by atoms with Gasteiger partial charge in [-0.2, -0.15) is 4.40 Å². The Bertz CT molecular complexity index is 1530. The van der Waals surface area contributed by atoms with Gasteiger partial charge in [-0.15, -0.1) is 13.2 Å². The summed E-state index contributed by atoms with van der Waals surface area (Å²) in [6.45, 7) is 3.84. The van der Waals surface area contributed by atoms with Gasteiger partial charge in [0.2, 0.25) is 0 Å². The molecule has 13 heteroatoms. The van der Waals surface area contributed by atoms with E-state index in [1.165, 1.54) is 18.3 Å². The van der Waals surface area contributed by atoms with Crippen LogP contribution in [0.1, 0.15) is 28.3 Å². The fourth-order valence-electron chi connectivity index (χ4n) is 4.28. The largest absolute Gasteiger partial charge is 0.573 e. The van der Waals surface area contributed by atoms with Gasteiger partial charge >= 0.3 is 12.4 Å². The number of hydrogen-bond donors (Lipinski definition) is 2. The molecule has 0 spiro atoms. The summed E-state index contributed by atoms with van der Waals surface area (Å²) in [6.07, 6.45) is 1.27. The molecular formula is C26H22F3N7O2S. The Balaban J connectivity index is 1.23. The Morgan fingerprint density at radius 1 is 1.10 bits per heavy atom. The number of para-hydroxylation sites is 1. The Kier molecular flexibility index (Phi) is 7.24. The van der Waals surface area contributed by atoms with Crippen molar-refractivity contribution in [2.24, 2.45) is 4.40 Å². The smallest absolute Gasteiger partial charge is 0.406 e. The molecular weight excluding hydrogens is 531 g/mol. The zero-order valence-corrected chi connectivity index (χ0v) is 21.6. The minimum absolute atomic E-state index is 0.288. The van der Waals surface area contributed by atoms with Gasteiger partial charge in [0.1, 0.15) is 12.1 Å². The van der Waals surface area contributed by atoms with E-state index < -0.39 is 12.4 Å². The third-order valence-electron chi connectivity index (χ3n) is 6.03. The van der Waals surface area contributed by atoms with Gasteiger partial charge in [0.05, 0.1) is 35.4 Å². The number of halogens is 3. The van der Waals surface area contributed by atoms with Crippen LogP contribution in [-0.4, -0.2) is 38.1 Å². The standard InChI is InChI=1S/C26H22F3N7O2S/c1-15-4-3-5-16(2)23(15)34-25(37)35-39-32-13-22-30-12-19-20(33-22)10-11-21-24(19)31-14-36(21)17-6-8-18(9-7-17)38-26(27,28)29/h3-9,12-14H,10-11H2,1-2H3,(H2,34,35,37)/b32-13+. The van der Waals surface area contributed by atoms with Gasteiger partial charge in [-0.3, -0.25) is 4.72 Å². The minimum Gasteiger partial charge on any atom is -0.406 e. The number of hydrogen-bond acceptors (Lipinski definition) is 7. The second-order valence-corrected chi connectivity index (χ2v) is 9.29. The van der Waals surface area contributed by atoms with Gasteiger partial charge in [0, 0.05) is 23.1 Å². The van der Waals surface area contributed by atoms with Crippen LogP contribution in [-0.2, 0) is 12.8 Å². The van der Waals surface area contributed by atoms with Crippen molar-refractivity contribution in [3.05, 3.63) is 83.3 Å². The highest BCUT2D eigenvalue weighted by Crippen LogP contribution is 2.33. The van der Waals surface area contributed by atoms with E-state index in [9.17, 15) is 18.0 Å². The fraction of sp³-hybridized carbons (Fsp3) is 0.192. The molecule has 200 valence electrons. The molecule has 0 fully saturated rings. The molecule has 0 aliphatic heterocycles. The van der Waals surface area contributed by atoms with Gasteiger partial charge in [-0.1, -0.05) is 18.2 Å². The molecule has 2 amide bonds. The minimum atomic E-state index is -4.74. The molecule has 0 atom stereocenters. The molecule has 0 radical (unpaired) electrons. The maximum Gasteiger partial charge on any atom is 0.573 e. The Morgan fingerprint density at radius 3 is 2.56 bits per heavy atom. The molecule has 1 aliphatic carbocycles. The van der Waals surface area contributed by atoms with Crippen LogP contribution in [0.5, 0.6) is 5.75 Å². The molecule has 2 aromatic carbocycles. The highest BCUT2D eigenvalue weighted by Gasteiger charge is 2.31. The predicted molar refractivity (Wildman–Crippen MR) is 142 cm³/mol. The second-order valence-electron chi connectivity index (χ2n) is 8.69.